The highest BCUT2D eigenvalue weighted by atomic mass is 16.5. The second-order valence-electron chi connectivity index (χ2n) is 1.62. The predicted octanol–water partition coefficient (Wildman–Crippen LogP) is 0.0417. The molecule has 1 heterocycles. The lowest BCUT2D eigenvalue weighted by Crippen LogP contribution is -2.01. The molecule has 2 N–H and O–H groups in total. The Morgan fingerprint density at radius 3 is 2.75 bits per heavy atom. The summed E-state index contributed by atoms with van der Waals surface area (Å²) in [6.45, 7) is 3.50. The summed E-state index contributed by atoms with van der Waals surface area (Å²) in [4.78, 5) is 10.6. The number of nitrogens with zero attached hydrogens (tertiary/aromatic N) is 2. The Balaban J connectivity index is 0.000000561. The third-order valence-electron chi connectivity index (χ3n) is 1.01. The molecule has 0 bridgehead atoms. The highest BCUT2D eigenvalue weighted by molar-refractivity contribution is 5.89. The Morgan fingerprint density at radius 2 is 2.42 bits per heavy atom. The fourth-order valence-electron chi connectivity index (χ4n) is 0.532. The number of esters is 1. The molecule has 1 rings (SSSR count). The first kappa shape index (κ1) is 9.97. The number of H-pyrrole nitrogens is 1. The molecule has 0 aliphatic rings. The van der Waals surface area contributed by atoms with Crippen molar-refractivity contribution in [2.45, 2.75) is 0 Å². The molecule has 0 atom stereocenters. The van der Waals surface area contributed by atoms with E-state index in [0.29, 0.717) is 0 Å². The number of hydrogen-bond acceptors (Lipinski definition) is 5. The van der Waals surface area contributed by atoms with Gasteiger partial charge in [-0.25, -0.2) is 10.1 Å². The lowest BCUT2D eigenvalue weighted by Gasteiger charge is -1.92. The number of carbonyl (C=O) groups is 1. The molecule has 0 amide bonds. The van der Waals surface area contributed by atoms with Gasteiger partial charge >= 0.3 is 5.97 Å². The number of methoxy groups -OCH3 is 1. The zero-order valence-corrected chi connectivity index (χ0v) is 6.31. The Kier molecular flexibility index (Phi) is 3.93. The molecule has 0 aliphatic heterocycles. The quantitative estimate of drug-likeness (QED) is 0.578. The first-order valence-electron chi connectivity index (χ1n) is 2.82. The zero-order chi connectivity index (χ0) is 9.56. The Morgan fingerprint density at radius 1 is 1.83 bits per heavy atom. The van der Waals surface area contributed by atoms with Crippen molar-refractivity contribution in [1.82, 2.24) is 10.2 Å². The summed E-state index contributed by atoms with van der Waals surface area (Å²) in [6, 6.07) is 0. The van der Waals surface area contributed by atoms with Gasteiger partial charge in [0.15, 0.2) is 11.4 Å². The van der Waals surface area contributed by atoms with E-state index in [1.807, 2.05) is 0 Å². The van der Waals surface area contributed by atoms with Gasteiger partial charge in [0, 0.05) is 6.57 Å². The van der Waals surface area contributed by atoms with E-state index in [4.69, 9.17) is 10.4 Å². The van der Waals surface area contributed by atoms with E-state index < -0.39 is 5.97 Å². The summed E-state index contributed by atoms with van der Waals surface area (Å²) < 4.78 is 4.31. The topological polar surface area (TPSA) is 99.0 Å². The van der Waals surface area contributed by atoms with Crippen molar-refractivity contribution < 1.29 is 14.6 Å². The van der Waals surface area contributed by atoms with Crippen LogP contribution in [0.2, 0.25) is 0 Å². The second kappa shape index (κ2) is 4.73. The van der Waals surface area contributed by atoms with Crippen LogP contribution in [0, 0.1) is 11.8 Å². The van der Waals surface area contributed by atoms with Gasteiger partial charge in [-0.15, -0.1) is 0 Å². The normalized spacial score (nSPS) is 7.92. The third-order valence-corrected chi connectivity index (χ3v) is 1.01. The van der Waals surface area contributed by atoms with Gasteiger partial charge in [0.05, 0.1) is 13.3 Å². The van der Waals surface area contributed by atoms with Crippen LogP contribution in [-0.2, 0) is 4.74 Å². The fraction of sp³-hybridized carbons (Fsp3) is 0.167. The van der Waals surface area contributed by atoms with Crippen molar-refractivity contribution in [1.29, 1.82) is 5.26 Å². The highest BCUT2D eigenvalue weighted by Crippen LogP contribution is 2.11. The smallest absolute Gasteiger partial charge is 0.359 e. The summed E-state index contributed by atoms with van der Waals surface area (Å²) in [5.74, 6) is -0.832. The monoisotopic (exact) mass is 169 g/mol. The Bertz CT molecular complexity index is 279. The van der Waals surface area contributed by atoms with Gasteiger partial charge in [-0.3, -0.25) is 5.10 Å². The SMILES string of the molecule is C#N.COC(=O)c1[nH]ncc1O. The number of ether oxygens (including phenoxy) is 1. The van der Waals surface area contributed by atoms with Crippen LogP contribution in [0.5, 0.6) is 5.75 Å². The molecule has 1 aromatic rings. The number of rotatable bonds is 1. The molecule has 0 unspecified atom stereocenters. The molecule has 64 valence electrons. The van der Waals surface area contributed by atoms with Crippen molar-refractivity contribution in [2.75, 3.05) is 7.11 Å². The van der Waals surface area contributed by atoms with Gasteiger partial charge < -0.3 is 9.84 Å². The highest BCUT2D eigenvalue weighted by Gasteiger charge is 2.11. The van der Waals surface area contributed by atoms with E-state index >= 15 is 0 Å². The standard InChI is InChI=1S/C5H6N2O3.CHN/c1-10-5(9)4-3(8)2-6-7-4;1-2/h2,8H,1H3,(H,6,7);1H. The maximum atomic E-state index is 10.6. The molecular formula is C6H7N3O3. The molecule has 0 aromatic carbocycles. The number of hydrogen-bond donors (Lipinski definition) is 2. The maximum absolute atomic E-state index is 10.6. The molecule has 0 radical (unpaired) electrons. The van der Waals surface area contributed by atoms with Crippen LogP contribution >= 0.6 is 0 Å². The first-order chi connectivity index (χ1) is 5.75. The minimum Gasteiger partial charge on any atom is -0.504 e. The van der Waals surface area contributed by atoms with Crippen molar-refractivity contribution >= 4 is 5.97 Å². The number of aromatic nitrogens is 2. The fourth-order valence-corrected chi connectivity index (χ4v) is 0.532. The minimum absolute atomic E-state index is 0.0255. The third kappa shape index (κ3) is 1.98. The molecule has 6 heteroatoms. The summed E-state index contributed by atoms with van der Waals surface area (Å²) in [6.07, 6.45) is 1.13. The molecule has 12 heavy (non-hydrogen) atoms. The van der Waals surface area contributed by atoms with Crippen LogP contribution in [0.25, 0.3) is 0 Å². The lowest BCUT2D eigenvalue weighted by molar-refractivity contribution is 0.0591. The molecule has 0 fully saturated rings. The van der Waals surface area contributed by atoms with Gasteiger partial charge in [-0.1, -0.05) is 0 Å². The number of nitriles is 1. The average molecular weight is 169 g/mol. The van der Waals surface area contributed by atoms with Gasteiger partial charge in [0.1, 0.15) is 0 Å². The Hall–Kier alpha value is -2.03. The summed E-state index contributed by atoms with van der Waals surface area (Å²) in [7, 11) is 1.22. The van der Waals surface area contributed by atoms with Crippen LogP contribution < -0.4 is 0 Å². The van der Waals surface area contributed by atoms with Crippen LogP contribution in [0.15, 0.2) is 6.20 Å². The molecular weight excluding hydrogens is 162 g/mol. The largest absolute Gasteiger partial charge is 0.504 e. The zero-order valence-electron chi connectivity index (χ0n) is 6.31. The van der Waals surface area contributed by atoms with Crippen molar-refractivity contribution in [3.8, 4) is 12.3 Å². The predicted molar refractivity (Wildman–Crippen MR) is 38.3 cm³/mol. The van der Waals surface area contributed by atoms with Crippen LogP contribution in [0.3, 0.4) is 0 Å². The average Bonchev–Trinajstić information content (AvgIpc) is 2.54. The number of carbonyl (C=O) groups excluding carboxylic acids is 1. The number of aromatic amines is 1. The minimum atomic E-state index is -0.630. The van der Waals surface area contributed by atoms with Crippen LogP contribution in [0.1, 0.15) is 10.5 Å². The molecule has 0 aliphatic carbocycles. The second-order valence-corrected chi connectivity index (χ2v) is 1.62. The van der Waals surface area contributed by atoms with E-state index in [2.05, 4.69) is 21.5 Å². The van der Waals surface area contributed by atoms with Gasteiger partial charge in [-0.05, 0) is 0 Å². The van der Waals surface area contributed by atoms with Gasteiger partial charge in [-0.2, -0.15) is 5.10 Å². The van der Waals surface area contributed by atoms with E-state index in [9.17, 15) is 4.79 Å². The van der Waals surface area contributed by atoms with Crippen molar-refractivity contribution in [2.24, 2.45) is 0 Å². The number of aromatic hydroxyl groups is 1. The Labute approximate surface area is 68.4 Å². The van der Waals surface area contributed by atoms with E-state index in [0.717, 1.165) is 6.20 Å². The van der Waals surface area contributed by atoms with Gasteiger partial charge in [0.25, 0.3) is 0 Å². The molecule has 6 nitrogen and oxygen atoms in total. The van der Waals surface area contributed by atoms with Gasteiger partial charge in [0.2, 0.25) is 0 Å². The molecule has 0 saturated heterocycles. The summed E-state index contributed by atoms with van der Waals surface area (Å²) in [5.41, 5.74) is -0.0255. The summed E-state index contributed by atoms with van der Waals surface area (Å²) in [5, 5.41) is 21.1. The molecule has 0 saturated carbocycles. The lowest BCUT2D eigenvalue weighted by atomic mass is 10.4. The van der Waals surface area contributed by atoms with E-state index in [-0.39, 0.29) is 11.4 Å². The van der Waals surface area contributed by atoms with Crippen molar-refractivity contribution in [3.05, 3.63) is 11.9 Å². The first-order valence-corrected chi connectivity index (χ1v) is 2.82. The number of nitrogens with one attached hydrogen (secondary N) is 1. The van der Waals surface area contributed by atoms with Crippen LogP contribution in [-0.4, -0.2) is 28.4 Å². The maximum Gasteiger partial charge on any atom is 0.359 e. The summed E-state index contributed by atoms with van der Waals surface area (Å²) >= 11 is 0. The van der Waals surface area contributed by atoms with E-state index in [1.165, 1.54) is 7.11 Å². The van der Waals surface area contributed by atoms with E-state index in [1.54, 1.807) is 0 Å². The molecule has 0 spiro atoms. The molecule has 1 aromatic heterocycles. The van der Waals surface area contributed by atoms with Crippen LogP contribution in [0.4, 0.5) is 0 Å². The van der Waals surface area contributed by atoms with Crippen molar-refractivity contribution in [3.63, 3.8) is 0 Å².